The van der Waals surface area contributed by atoms with E-state index in [-0.39, 0.29) is 6.04 Å². The second-order valence-corrected chi connectivity index (χ2v) is 4.98. The maximum Gasteiger partial charge on any atom is 0.413 e. The summed E-state index contributed by atoms with van der Waals surface area (Å²) in [5.41, 5.74) is 3.75. The van der Waals surface area contributed by atoms with Crippen molar-refractivity contribution in [2.24, 2.45) is 4.99 Å². The van der Waals surface area contributed by atoms with Gasteiger partial charge in [-0.2, -0.15) is 0 Å². The Labute approximate surface area is 119 Å². The van der Waals surface area contributed by atoms with E-state index in [1.54, 1.807) is 6.92 Å². The maximum absolute atomic E-state index is 11.4. The van der Waals surface area contributed by atoms with Crippen LogP contribution in [-0.4, -0.2) is 37.2 Å². The van der Waals surface area contributed by atoms with Crippen LogP contribution in [0.3, 0.4) is 0 Å². The first-order valence-corrected chi connectivity index (χ1v) is 6.81. The number of hydrogen-bond donors (Lipinski definition) is 1. The highest BCUT2D eigenvalue weighted by Gasteiger charge is 2.27. The summed E-state index contributed by atoms with van der Waals surface area (Å²) in [6.07, 6.45) is -0.459. The van der Waals surface area contributed by atoms with Crippen molar-refractivity contribution in [2.45, 2.75) is 26.8 Å². The number of aryl methyl sites for hydroxylation is 2. The molecule has 1 atom stereocenters. The fourth-order valence-electron chi connectivity index (χ4n) is 2.24. The Morgan fingerprint density at radius 2 is 2.20 bits per heavy atom. The molecule has 20 heavy (non-hydrogen) atoms. The molecule has 0 spiro atoms. The number of benzene rings is 1. The summed E-state index contributed by atoms with van der Waals surface area (Å²) in [7, 11) is 1.93. The van der Waals surface area contributed by atoms with Crippen LogP contribution >= 0.6 is 0 Å². The molecule has 1 N–H and O–H groups in total. The molecule has 108 valence electrons. The van der Waals surface area contributed by atoms with E-state index in [2.05, 4.69) is 42.4 Å². The van der Waals surface area contributed by atoms with Gasteiger partial charge >= 0.3 is 6.09 Å². The van der Waals surface area contributed by atoms with Crippen molar-refractivity contribution in [3.63, 3.8) is 0 Å². The van der Waals surface area contributed by atoms with Crippen LogP contribution in [0.2, 0.25) is 0 Å². The Morgan fingerprint density at radius 1 is 1.45 bits per heavy atom. The largest absolute Gasteiger partial charge is 0.450 e. The van der Waals surface area contributed by atoms with Crippen molar-refractivity contribution in [1.29, 1.82) is 0 Å². The monoisotopic (exact) mass is 275 g/mol. The lowest BCUT2D eigenvalue weighted by atomic mass is 10.0. The van der Waals surface area contributed by atoms with E-state index < -0.39 is 6.09 Å². The van der Waals surface area contributed by atoms with E-state index in [1.165, 1.54) is 16.7 Å². The molecule has 0 saturated heterocycles. The number of rotatable bonds is 2. The zero-order valence-electron chi connectivity index (χ0n) is 12.4. The number of alkyl carbamates (subject to hydrolysis) is 1. The molecule has 1 heterocycles. The molecule has 1 aromatic carbocycles. The third-order valence-electron chi connectivity index (χ3n) is 3.62. The number of carbonyl (C=O) groups excluding carboxylic acids is 1. The number of guanidine groups is 1. The summed E-state index contributed by atoms with van der Waals surface area (Å²) in [4.78, 5) is 17.8. The third-order valence-corrected chi connectivity index (χ3v) is 3.62. The van der Waals surface area contributed by atoms with Crippen LogP contribution in [0.15, 0.2) is 23.2 Å². The number of nitrogens with zero attached hydrogens (tertiary/aromatic N) is 2. The van der Waals surface area contributed by atoms with Crippen LogP contribution in [0, 0.1) is 13.8 Å². The lowest BCUT2D eigenvalue weighted by Gasteiger charge is -2.24. The minimum absolute atomic E-state index is 0.159. The molecular formula is C15H21N3O2. The Balaban J connectivity index is 2.07. The summed E-state index contributed by atoms with van der Waals surface area (Å²) in [6.45, 7) is 6.97. The SMILES string of the molecule is CCOC(=O)NC1=NCC(c2ccc(C)c(C)c2)N1C. The minimum atomic E-state index is -0.459. The number of amides is 1. The van der Waals surface area contributed by atoms with Gasteiger partial charge < -0.3 is 9.64 Å². The normalized spacial score (nSPS) is 17.9. The van der Waals surface area contributed by atoms with E-state index in [1.807, 2.05) is 11.9 Å². The third kappa shape index (κ3) is 2.92. The van der Waals surface area contributed by atoms with Crippen LogP contribution in [0.1, 0.15) is 29.7 Å². The van der Waals surface area contributed by atoms with E-state index in [0.29, 0.717) is 19.1 Å². The highest BCUT2D eigenvalue weighted by Crippen LogP contribution is 2.25. The molecule has 1 aliphatic heterocycles. The molecule has 1 unspecified atom stereocenters. The van der Waals surface area contributed by atoms with Crippen LogP contribution in [0.25, 0.3) is 0 Å². The number of carbonyl (C=O) groups is 1. The van der Waals surface area contributed by atoms with Gasteiger partial charge in [0.2, 0.25) is 5.96 Å². The van der Waals surface area contributed by atoms with Crippen LogP contribution < -0.4 is 5.32 Å². The van der Waals surface area contributed by atoms with Gasteiger partial charge in [0.15, 0.2) is 0 Å². The number of likely N-dealkylation sites (N-methyl/N-ethyl adjacent to an activating group) is 1. The molecule has 0 aliphatic carbocycles. The summed E-state index contributed by atoms with van der Waals surface area (Å²) in [5.74, 6) is 0.562. The van der Waals surface area contributed by atoms with Gasteiger partial charge in [-0.1, -0.05) is 18.2 Å². The quantitative estimate of drug-likeness (QED) is 0.901. The molecule has 0 fully saturated rings. The van der Waals surface area contributed by atoms with Gasteiger partial charge in [-0.3, -0.25) is 10.3 Å². The smallest absolute Gasteiger partial charge is 0.413 e. The van der Waals surface area contributed by atoms with Crippen molar-refractivity contribution in [2.75, 3.05) is 20.2 Å². The molecule has 5 heteroatoms. The molecule has 5 nitrogen and oxygen atoms in total. The first-order chi connectivity index (χ1) is 9.52. The molecule has 0 radical (unpaired) electrons. The number of nitrogens with one attached hydrogen (secondary N) is 1. The Kier molecular flexibility index (Phi) is 4.27. The zero-order chi connectivity index (χ0) is 14.7. The molecule has 1 aromatic rings. The average Bonchev–Trinajstić information content (AvgIpc) is 2.75. The van der Waals surface area contributed by atoms with Gasteiger partial charge in [0, 0.05) is 7.05 Å². The molecule has 0 bridgehead atoms. The molecular weight excluding hydrogens is 254 g/mol. The van der Waals surface area contributed by atoms with Gasteiger partial charge in [0.25, 0.3) is 0 Å². The standard InChI is InChI=1S/C15H21N3O2/c1-5-20-15(19)17-14-16-9-13(18(14)4)12-7-6-10(2)11(3)8-12/h6-8,13H,5,9H2,1-4H3,(H,16,17,19). The Morgan fingerprint density at radius 3 is 2.85 bits per heavy atom. The number of ether oxygens (including phenoxy) is 1. The fraction of sp³-hybridized carbons (Fsp3) is 0.467. The van der Waals surface area contributed by atoms with Crippen LogP contribution in [0.4, 0.5) is 4.79 Å². The van der Waals surface area contributed by atoms with E-state index >= 15 is 0 Å². The van der Waals surface area contributed by atoms with E-state index in [4.69, 9.17) is 4.74 Å². The summed E-state index contributed by atoms with van der Waals surface area (Å²) < 4.78 is 4.87. The lowest BCUT2D eigenvalue weighted by Crippen LogP contribution is -2.40. The van der Waals surface area contributed by atoms with Gasteiger partial charge in [0.1, 0.15) is 0 Å². The van der Waals surface area contributed by atoms with Crippen molar-refractivity contribution in [3.8, 4) is 0 Å². The second-order valence-electron chi connectivity index (χ2n) is 4.98. The van der Waals surface area contributed by atoms with Crippen LogP contribution in [-0.2, 0) is 4.74 Å². The second kappa shape index (κ2) is 5.94. The summed E-state index contributed by atoms with van der Waals surface area (Å²) >= 11 is 0. The molecule has 2 rings (SSSR count). The van der Waals surface area contributed by atoms with Crippen molar-refractivity contribution in [1.82, 2.24) is 10.2 Å². The van der Waals surface area contributed by atoms with Gasteiger partial charge in [-0.25, -0.2) is 4.79 Å². The molecule has 0 saturated carbocycles. The highest BCUT2D eigenvalue weighted by atomic mass is 16.5. The molecule has 1 aliphatic rings. The number of aliphatic imine (C=N–C) groups is 1. The molecule has 0 aromatic heterocycles. The van der Waals surface area contributed by atoms with E-state index in [9.17, 15) is 4.79 Å². The van der Waals surface area contributed by atoms with Gasteiger partial charge in [-0.05, 0) is 37.5 Å². The number of hydrogen-bond acceptors (Lipinski definition) is 4. The Hall–Kier alpha value is -2.04. The molecule has 1 amide bonds. The minimum Gasteiger partial charge on any atom is -0.450 e. The van der Waals surface area contributed by atoms with Crippen molar-refractivity contribution < 1.29 is 9.53 Å². The first-order valence-electron chi connectivity index (χ1n) is 6.81. The summed E-state index contributed by atoms with van der Waals surface area (Å²) in [5, 5.41) is 2.67. The van der Waals surface area contributed by atoms with Crippen LogP contribution in [0.5, 0.6) is 0 Å². The Bertz CT molecular complexity index is 540. The van der Waals surface area contributed by atoms with Crippen molar-refractivity contribution >= 4 is 12.1 Å². The van der Waals surface area contributed by atoms with Gasteiger partial charge in [0.05, 0.1) is 19.2 Å². The van der Waals surface area contributed by atoms with Crippen molar-refractivity contribution in [3.05, 3.63) is 34.9 Å². The predicted molar refractivity (Wildman–Crippen MR) is 78.9 cm³/mol. The fourth-order valence-corrected chi connectivity index (χ4v) is 2.24. The zero-order valence-corrected chi connectivity index (χ0v) is 12.4. The average molecular weight is 275 g/mol. The maximum atomic E-state index is 11.4. The highest BCUT2D eigenvalue weighted by molar-refractivity contribution is 5.94. The van der Waals surface area contributed by atoms with Gasteiger partial charge in [-0.15, -0.1) is 0 Å². The predicted octanol–water partition coefficient (Wildman–Crippen LogP) is 2.39. The summed E-state index contributed by atoms with van der Waals surface area (Å²) in [6, 6.07) is 6.58. The topological polar surface area (TPSA) is 53.9 Å². The first kappa shape index (κ1) is 14.4. The van der Waals surface area contributed by atoms with E-state index in [0.717, 1.165) is 0 Å². The lowest BCUT2D eigenvalue weighted by molar-refractivity contribution is 0.156.